The topological polar surface area (TPSA) is 64.3 Å². The van der Waals surface area contributed by atoms with Crippen molar-refractivity contribution < 1.29 is 9.53 Å². The van der Waals surface area contributed by atoms with Crippen molar-refractivity contribution in [3.8, 4) is 5.75 Å². The summed E-state index contributed by atoms with van der Waals surface area (Å²) in [7, 11) is 1.49. The maximum absolute atomic E-state index is 12.4. The van der Waals surface area contributed by atoms with Gasteiger partial charge in [0.05, 0.1) is 24.0 Å². The van der Waals surface area contributed by atoms with Crippen molar-refractivity contribution in [1.82, 2.24) is 0 Å². The number of anilines is 2. The maximum atomic E-state index is 12.4. The van der Waals surface area contributed by atoms with Crippen molar-refractivity contribution in [2.45, 2.75) is 13.8 Å². The first-order valence-corrected chi connectivity index (χ1v) is 6.82. The van der Waals surface area contributed by atoms with E-state index in [4.69, 9.17) is 22.1 Å². The van der Waals surface area contributed by atoms with E-state index in [1.807, 2.05) is 19.9 Å². The molecule has 0 saturated heterocycles. The Morgan fingerprint density at radius 2 is 1.95 bits per heavy atom. The molecule has 0 heterocycles. The Morgan fingerprint density at radius 1 is 1.24 bits per heavy atom. The fraction of sp³-hybridized carbons (Fsp3) is 0.188. The summed E-state index contributed by atoms with van der Waals surface area (Å²) in [5, 5.41) is 3.35. The van der Waals surface area contributed by atoms with Crippen LogP contribution in [0, 0.1) is 13.8 Å². The fourth-order valence-corrected chi connectivity index (χ4v) is 2.20. The van der Waals surface area contributed by atoms with Gasteiger partial charge in [0.25, 0.3) is 5.91 Å². The van der Waals surface area contributed by atoms with Gasteiger partial charge in [0.15, 0.2) is 0 Å². The number of halogens is 1. The molecule has 0 spiro atoms. The predicted octanol–water partition coefficient (Wildman–Crippen LogP) is 3.80. The van der Waals surface area contributed by atoms with Crippen LogP contribution in [0.3, 0.4) is 0 Å². The first-order valence-electron chi connectivity index (χ1n) is 6.44. The molecular weight excluding hydrogens is 288 g/mol. The van der Waals surface area contributed by atoms with Crippen LogP contribution in [-0.2, 0) is 0 Å². The number of nitrogen functional groups attached to an aromatic ring is 1. The summed E-state index contributed by atoms with van der Waals surface area (Å²) in [5.74, 6) is 0.132. The van der Waals surface area contributed by atoms with Crippen molar-refractivity contribution >= 4 is 28.9 Å². The zero-order valence-corrected chi connectivity index (χ0v) is 12.9. The van der Waals surface area contributed by atoms with E-state index in [2.05, 4.69) is 5.32 Å². The number of hydrogen-bond donors (Lipinski definition) is 2. The Labute approximate surface area is 128 Å². The molecule has 2 rings (SSSR count). The van der Waals surface area contributed by atoms with Gasteiger partial charge in [-0.15, -0.1) is 0 Å². The Balaban J connectivity index is 2.37. The molecule has 0 aromatic heterocycles. The number of methoxy groups -OCH3 is 1. The molecule has 1 amide bonds. The van der Waals surface area contributed by atoms with Gasteiger partial charge in [-0.25, -0.2) is 0 Å². The van der Waals surface area contributed by atoms with Crippen LogP contribution in [-0.4, -0.2) is 13.0 Å². The van der Waals surface area contributed by atoms with Crippen LogP contribution in [0.15, 0.2) is 30.3 Å². The number of benzene rings is 2. The van der Waals surface area contributed by atoms with E-state index >= 15 is 0 Å². The quantitative estimate of drug-likeness (QED) is 0.848. The highest BCUT2D eigenvalue weighted by Crippen LogP contribution is 2.28. The molecule has 0 saturated carbocycles. The molecular formula is C16H17ClN2O2. The SMILES string of the molecule is COc1cc(Cl)ccc1C(=O)Nc1c(N)ccc(C)c1C. The van der Waals surface area contributed by atoms with E-state index in [1.54, 1.807) is 24.3 Å². The molecule has 5 heteroatoms. The van der Waals surface area contributed by atoms with Crippen LogP contribution in [0.1, 0.15) is 21.5 Å². The van der Waals surface area contributed by atoms with E-state index in [0.29, 0.717) is 27.7 Å². The Morgan fingerprint density at radius 3 is 2.62 bits per heavy atom. The van der Waals surface area contributed by atoms with E-state index in [-0.39, 0.29) is 5.91 Å². The number of amides is 1. The Bertz CT molecular complexity index is 699. The number of nitrogens with one attached hydrogen (secondary N) is 1. The van der Waals surface area contributed by atoms with Crippen LogP contribution in [0.2, 0.25) is 5.02 Å². The van der Waals surface area contributed by atoms with Gasteiger partial charge in [-0.2, -0.15) is 0 Å². The highest BCUT2D eigenvalue weighted by molar-refractivity contribution is 6.31. The Hall–Kier alpha value is -2.20. The van der Waals surface area contributed by atoms with Crippen molar-refractivity contribution in [2.24, 2.45) is 0 Å². The average molecular weight is 305 g/mol. The molecule has 0 bridgehead atoms. The van der Waals surface area contributed by atoms with Gasteiger partial charge in [-0.1, -0.05) is 17.7 Å². The third kappa shape index (κ3) is 3.11. The fourth-order valence-electron chi connectivity index (χ4n) is 2.04. The minimum atomic E-state index is -0.288. The summed E-state index contributed by atoms with van der Waals surface area (Å²) in [6, 6.07) is 8.56. The van der Waals surface area contributed by atoms with Gasteiger partial charge in [-0.3, -0.25) is 4.79 Å². The molecule has 0 fully saturated rings. The molecule has 0 radical (unpaired) electrons. The molecule has 4 nitrogen and oxygen atoms in total. The van der Waals surface area contributed by atoms with Crippen LogP contribution >= 0.6 is 11.6 Å². The molecule has 0 atom stereocenters. The molecule has 0 unspecified atom stereocenters. The van der Waals surface area contributed by atoms with Gasteiger partial charge in [0.1, 0.15) is 5.75 Å². The molecule has 110 valence electrons. The van der Waals surface area contributed by atoms with Gasteiger partial charge < -0.3 is 15.8 Å². The van der Waals surface area contributed by atoms with E-state index in [1.165, 1.54) is 7.11 Å². The first kappa shape index (κ1) is 15.2. The second-order valence-corrected chi connectivity index (χ2v) is 5.21. The van der Waals surface area contributed by atoms with Crippen molar-refractivity contribution in [2.75, 3.05) is 18.2 Å². The highest BCUT2D eigenvalue weighted by Gasteiger charge is 2.15. The van der Waals surface area contributed by atoms with Crippen LogP contribution in [0.25, 0.3) is 0 Å². The average Bonchev–Trinajstić information content (AvgIpc) is 2.47. The number of hydrogen-bond acceptors (Lipinski definition) is 3. The van der Waals surface area contributed by atoms with E-state index < -0.39 is 0 Å². The lowest BCUT2D eigenvalue weighted by atomic mass is 10.1. The lowest BCUT2D eigenvalue weighted by molar-refractivity contribution is 0.102. The minimum absolute atomic E-state index is 0.288. The lowest BCUT2D eigenvalue weighted by Crippen LogP contribution is -2.15. The molecule has 2 aromatic carbocycles. The number of aryl methyl sites for hydroxylation is 1. The number of ether oxygens (including phenoxy) is 1. The summed E-state index contributed by atoms with van der Waals surface area (Å²) >= 11 is 5.90. The van der Waals surface area contributed by atoms with Crippen LogP contribution in [0.4, 0.5) is 11.4 Å². The normalized spacial score (nSPS) is 10.3. The highest BCUT2D eigenvalue weighted by atomic mass is 35.5. The third-order valence-electron chi connectivity index (χ3n) is 3.41. The monoisotopic (exact) mass is 304 g/mol. The predicted molar refractivity (Wildman–Crippen MR) is 86.3 cm³/mol. The van der Waals surface area contributed by atoms with Crippen LogP contribution in [0.5, 0.6) is 5.75 Å². The number of carbonyl (C=O) groups excluding carboxylic acids is 1. The zero-order valence-electron chi connectivity index (χ0n) is 12.2. The second-order valence-electron chi connectivity index (χ2n) is 4.77. The first-order chi connectivity index (χ1) is 9.93. The lowest BCUT2D eigenvalue weighted by Gasteiger charge is -2.14. The third-order valence-corrected chi connectivity index (χ3v) is 3.65. The smallest absolute Gasteiger partial charge is 0.259 e. The van der Waals surface area contributed by atoms with Gasteiger partial charge in [-0.05, 0) is 49.2 Å². The summed E-state index contributed by atoms with van der Waals surface area (Å²) in [6.07, 6.45) is 0. The molecule has 21 heavy (non-hydrogen) atoms. The largest absolute Gasteiger partial charge is 0.496 e. The van der Waals surface area contributed by atoms with Gasteiger partial charge in [0.2, 0.25) is 0 Å². The molecule has 0 aliphatic carbocycles. The summed E-state index contributed by atoms with van der Waals surface area (Å²) < 4.78 is 5.19. The molecule has 3 N–H and O–H groups in total. The van der Waals surface area contributed by atoms with E-state index in [0.717, 1.165) is 11.1 Å². The maximum Gasteiger partial charge on any atom is 0.259 e. The summed E-state index contributed by atoms with van der Waals surface area (Å²) in [4.78, 5) is 12.4. The summed E-state index contributed by atoms with van der Waals surface area (Å²) in [6.45, 7) is 3.88. The van der Waals surface area contributed by atoms with Crippen molar-refractivity contribution in [3.63, 3.8) is 0 Å². The molecule has 2 aromatic rings. The van der Waals surface area contributed by atoms with Crippen LogP contribution < -0.4 is 15.8 Å². The molecule has 0 aliphatic heterocycles. The minimum Gasteiger partial charge on any atom is -0.496 e. The standard InChI is InChI=1S/C16H17ClN2O2/c1-9-4-7-13(18)15(10(9)2)19-16(20)12-6-5-11(17)8-14(12)21-3/h4-8H,18H2,1-3H3,(H,19,20). The second kappa shape index (κ2) is 6.06. The Kier molecular flexibility index (Phi) is 4.38. The number of carbonyl (C=O) groups is 1. The van der Waals surface area contributed by atoms with Crippen molar-refractivity contribution in [3.05, 3.63) is 52.0 Å². The van der Waals surface area contributed by atoms with Gasteiger partial charge >= 0.3 is 0 Å². The zero-order chi connectivity index (χ0) is 15.6. The van der Waals surface area contributed by atoms with E-state index in [9.17, 15) is 4.79 Å². The molecule has 0 aliphatic rings. The van der Waals surface area contributed by atoms with Gasteiger partial charge in [0, 0.05) is 5.02 Å². The number of nitrogens with two attached hydrogens (primary N) is 1. The van der Waals surface area contributed by atoms with Crippen molar-refractivity contribution in [1.29, 1.82) is 0 Å². The summed E-state index contributed by atoms with van der Waals surface area (Å²) in [5.41, 5.74) is 9.50. The number of rotatable bonds is 3.